The minimum Gasteiger partial charge on any atom is -0.489 e. The zero-order chi connectivity index (χ0) is 49.5. The first-order valence-corrected chi connectivity index (χ1v) is 23.7. The number of ether oxygens (including phenoxy) is 4. The lowest BCUT2D eigenvalue weighted by molar-refractivity contribution is 0.289. The highest BCUT2D eigenvalue weighted by molar-refractivity contribution is 6.02. The van der Waals surface area contributed by atoms with Crippen molar-refractivity contribution in [2.24, 2.45) is 4.99 Å². The highest BCUT2D eigenvalue weighted by atomic mass is 16.5. The summed E-state index contributed by atoms with van der Waals surface area (Å²) in [5.74, 6) is 4.34. The Morgan fingerprint density at radius 3 is 1.50 bits per heavy atom. The topological polar surface area (TPSA) is 98.7 Å². The molecule has 10 nitrogen and oxygen atoms in total. The quantitative estimate of drug-likeness (QED) is 0.0937. The van der Waals surface area contributed by atoms with Crippen molar-refractivity contribution in [1.29, 1.82) is 0 Å². The smallest absolute Gasteiger partial charge is 0.187 e. The fraction of sp³-hybridized carbons (Fsp3) is 0.129. The number of H-pyrrole nitrogens is 1. The van der Waals surface area contributed by atoms with Gasteiger partial charge in [-0.1, -0.05) is 133 Å². The van der Waals surface area contributed by atoms with Crippen LogP contribution in [0.15, 0.2) is 199 Å². The van der Waals surface area contributed by atoms with Crippen LogP contribution in [0.2, 0.25) is 0 Å². The fourth-order valence-corrected chi connectivity index (χ4v) is 8.42. The number of benzene rings is 8. The van der Waals surface area contributed by atoms with Crippen LogP contribution in [0.3, 0.4) is 0 Å². The average Bonchev–Trinajstić information content (AvgIpc) is 4.19. The van der Waals surface area contributed by atoms with Crippen molar-refractivity contribution in [2.75, 3.05) is 13.1 Å². The third-order valence-corrected chi connectivity index (χ3v) is 12.3. The molecule has 0 spiro atoms. The lowest BCUT2D eigenvalue weighted by Crippen LogP contribution is -2.20. The van der Waals surface area contributed by atoms with Gasteiger partial charge in [-0.05, 0) is 106 Å². The van der Waals surface area contributed by atoms with Crippen LogP contribution in [0.25, 0.3) is 43.3 Å². The number of amidine groups is 1. The molecule has 0 atom stereocenters. The molecule has 0 fully saturated rings. The number of imidazole rings is 1. The Hall–Kier alpha value is -9.38. The van der Waals surface area contributed by atoms with E-state index in [1.165, 1.54) is 33.4 Å². The predicted octanol–water partition coefficient (Wildman–Crippen LogP) is 14.5. The van der Waals surface area contributed by atoms with Gasteiger partial charge < -0.3 is 29.2 Å². The number of aromatic amines is 1. The van der Waals surface area contributed by atoms with E-state index in [1.807, 2.05) is 84.9 Å². The average molecular weight is 945 g/mol. The Morgan fingerprint density at radius 2 is 1.01 bits per heavy atom. The van der Waals surface area contributed by atoms with Crippen molar-refractivity contribution in [3.05, 3.63) is 256 Å². The minimum atomic E-state index is 0.332. The third kappa shape index (κ3) is 11.9. The normalized spacial score (nSPS) is 11.5. The van der Waals surface area contributed by atoms with Gasteiger partial charge in [0.1, 0.15) is 61.1 Å². The lowest BCUT2D eigenvalue weighted by Gasteiger charge is -2.16. The highest BCUT2D eigenvalue weighted by Gasteiger charge is 2.17. The van der Waals surface area contributed by atoms with Gasteiger partial charge in [-0.25, -0.2) is 14.7 Å². The molecule has 10 rings (SSSR count). The number of hydrogen-bond donors (Lipinski definition) is 2. The largest absolute Gasteiger partial charge is 0.489 e. The molecule has 0 amide bonds. The van der Waals surface area contributed by atoms with Gasteiger partial charge in [-0.2, -0.15) is 0 Å². The number of aliphatic imine (C=N–C) groups is 1. The van der Waals surface area contributed by atoms with Crippen LogP contribution in [0.1, 0.15) is 38.9 Å². The van der Waals surface area contributed by atoms with Crippen molar-refractivity contribution >= 4 is 17.2 Å². The van der Waals surface area contributed by atoms with Crippen molar-refractivity contribution < 1.29 is 18.9 Å². The molecule has 1 aromatic heterocycles. The van der Waals surface area contributed by atoms with Gasteiger partial charge in [0.2, 0.25) is 0 Å². The van der Waals surface area contributed by atoms with Crippen LogP contribution >= 0.6 is 0 Å². The molecule has 0 unspecified atom stereocenters. The van der Waals surface area contributed by atoms with Gasteiger partial charge in [0, 0.05) is 31.1 Å². The molecule has 0 bridgehead atoms. The van der Waals surface area contributed by atoms with Gasteiger partial charge in [0.05, 0.1) is 30.8 Å². The van der Waals surface area contributed by atoms with Gasteiger partial charge in [0.25, 0.3) is 0 Å². The summed E-state index contributed by atoms with van der Waals surface area (Å²) < 4.78 is 24.9. The Balaban J connectivity index is 0.000000178. The van der Waals surface area contributed by atoms with Crippen molar-refractivity contribution in [3.8, 4) is 56.6 Å². The van der Waals surface area contributed by atoms with Gasteiger partial charge in [-0.15, -0.1) is 0 Å². The van der Waals surface area contributed by atoms with E-state index in [4.69, 9.17) is 32.1 Å². The molecule has 0 aliphatic carbocycles. The highest BCUT2D eigenvalue weighted by Crippen LogP contribution is 2.35. The van der Waals surface area contributed by atoms with E-state index in [-0.39, 0.29) is 0 Å². The summed E-state index contributed by atoms with van der Waals surface area (Å²) in [6.45, 7) is 21.9. The monoisotopic (exact) mass is 944 g/mol. The first-order valence-electron chi connectivity index (χ1n) is 23.7. The zero-order valence-corrected chi connectivity index (χ0v) is 40.1. The molecule has 10 heteroatoms. The Morgan fingerprint density at radius 1 is 0.500 bits per heavy atom. The summed E-state index contributed by atoms with van der Waals surface area (Å²) in [5.41, 5.74) is 14.3. The van der Waals surface area contributed by atoms with E-state index >= 15 is 0 Å². The molecule has 1 aliphatic rings. The molecule has 0 saturated heterocycles. The van der Waals surface area contributed by atoms with Crippen LogP contribution in [-0.2, 0) is 26.4 Å². The van der Waals surface area contributed by atoms with E-state index in [0.717, 1.165) is 63.9 Å². The maximum atomic E-state index is 7.25. The van der Waals surface area contributed by atoms with E-state index < -0.39 is 0 Å². The van der Waals surface area contributed by atoms with E-state index in [0.29, 0.717) is 55.1 Å². The van der Waals surface area contributed by atoms with E-state index in [9.17, 15) is 0 Å². The SMILES string of the molecule is [C-]#[N+]c1cccc(COc2cc(OCc3cccc(-c4ccccc4)c3C)ccc2-c2ncc[nH]2)c1.[C-]#[N+]c1cccc(COc2cc(OCc3cccc(-c4ccccc4)c3C)ccc2C2=NCCN2)c1. The second-order valence-corrected chi connectivity index (χ2v) is 17.0. The molecule has 2 heterocycles. The van der Waals surface area contributed by atoms with Gasteiger partial charge >= 0.3 is 0 Å². The van der Waals surface area contributed by atoms with Crippen LogP contribution < -0.4 is 24.3 Å². The van der Waals surface area contributed by atoms with Crippen LogP contribution in [0.5, 0.6) is 23.0 Å². The standard InChI is InChI=1S/C31H27N3O2.C31H25N3O2/c2*1-22-25(11-7-13-28(22)24-9-4-3-5-10-24)21-35-27-14-15-29(31-33-16-17-34-31)30(19-27)36-20-23-8-6-12-26(18-23)32-2/h3-15,18-19H,16-17,20-21H2,1H3,(H,33,34);3-19H,20-21H2,1H3,(H,33,34). The molecule has 8 aromatic carbocycles. The Bertz CT molecular complexity index is 3400. The third-order valence-electron chi connectivity index (χ3n) is 12.3. The molecular weight excluding hydrogens is 893 g/mol. The minimum absolute atomic E-state index is 0.332. The molecule has 0 saturated carbocycles. The Labute approximate surface area is 420 Å². The molecule has 9 aromatic rings. The summed E-state index contributed by atoms with van der Waals surface area (Å²) in [6.07, 6.45) is 3.50. The molecular formula is C62H52N6O4. The number of nitrogens with zero attached hydrogens (tertiary/aromatic N) is 4. The van der Waals surface area contributed by atoms with Crippen molar-refractivity contribution in [1.82, 2.24) is 15.3 Å². The number of rotatable bonds is 16. The molecule has 72 heavy (non-hydrogen) atoms. The van der Waals surface area contributed by atoms with Gasteiger partial charge in [-0.3, -0.25) is 4.99 Å². The number of aromatic nitrogens is 2. The summed E-state index contributed by atoms with van der Waals surface area (Å²) in [4.78, 5) is 19.1. The Kier molecular flexibility index (Phi) is 15.4. The first kappa shape index (κ1) is 47.7. The summed E-state index contributed by atoms with van der Waals surface area (Å²) in [6, 6.07) is 60.0. The number of nitrogens with one attached hydrogen (secondary N) is 2. The summed E-state index contributed by atoms with van der Waals surface area (Å²) in [7, 11) is 0. The summed E-state index contributed by atoms with van der Waals surface area (Å²) in [5, 5.41) is 3.33. The first-order chi connectivity index (χ1) is 35.4. The molecule has 2 N–H and O–H groups in total. The second kappa shape index (κ2) is 23.3. The second-order valence-electron chi connectivity index (χ2n) is 17.0. The number of hydrogen-bond acceptors (Lipinski definition) is 7. The van der Waals surface area contributed by atoms with E-state index in [2.05, 4.69) is 129 Å². The predicted molar refractivity (Wildman–Crippen MR) is 286 cm³/mol. The molecule has 354 valence electrons. The van der Waals surface area contributed by atoms with Crippen molar-refractivity contribution in [2.45, 2.75) is 40.3 Å². The maximum absolute atomic E-state index is 7.25. The maximum Gasteiger partial charge on any atom is 0.187 e. The van der Waals surface area contributed by atoms with E-state index in [1.54, 1.807) is 24.5 Å². The zero-order valence-electron chi connectivity index (χ0n) is 40.1. The van der Waals surface area contributed by atoms with Crippen LogP contribution in [-0.4, -0.2) is 28.9 Å². The molecule has 1 aliphatic heterocycles. The summed E-state index contributed by atoms with van der Waals surface area (Å²) >= 11 is 0. The van der Waals surface area contributed by atoms with Crippen LogP contribution in [0.4, 0.5) is 11.4 Å². The molecule has 0 radical (unpaired) electrons. The fourth-order valence-electron chi connectivity index (χ4n) is 8.42. The van der Waals surface area contributed by atoms with Crippen LogP contribution in [0, 0.1) is 27.0 Å². The van der Waals surface area contributed by atoms with Gasteiger partial charge in [0.15, 0.2) is 11.4 Å². The van der Waals surface area contributed by atoms with Crippen molar-refractivity contribution in [3.63, 3.8) is 0 Å². The lowest BCUT2D eigenvalue weighted by atomic mass is 9.97.